The van der Waals surface area contributed by atoms with Crippen molar-refractivity contribution in [3.05, 3.63) is 103 Å². The van der Waals surface area contributed by atoms with Gasteiger partial charge in [-0.25, -0.2) is 4.68 Å². The van der Waals surface area contributed by atoms with Crippen LogP contribution in [0.1, 0.15) is 16.3 Å². The minimum atomic E-state index is -0.178. The van der Waals surface area contributed by atoms with E-state index in [1.165, 1.54) is 15.9 Å². The molecule has 5 heterocycles. The Kier molecular flexibility index (Phi) is 5.06. The molecule has 5 aromatic heterocycles. The van der Waals surface area contributed by atoms with E-state index in [-0.39, 0.29) is 5.56 Å². The van der Waals surface area contributed by atoms with Crippen molar-refractivity contribution in [3.63, 3.8) is 0 Å². The molecule has 6 aromatic rings. The fraction of sp³-hybridized carbons (Fsp3) is 0. The van der Waals surface area contributed by atoms with Gasteiger partial charge in [0.05, 0.1) is 15.1 Å². The summed E-state index contributed by atoms with van der Waals surface area (Å²) < 4.78 is 3.79. The van der Waals surface area contributed by atoms with Gasteiger partial charge >= 0.3 is 0 Å². The minimum absolute atomic E-state index is 0.178. The van der Waals surface area contributed by atoms with Gasteiger partial charge in [0.25, 0.3) is 5.56 Å². The summed E-state index contributed by atoms with van der Waals surface area (Å²) in [6.45, 7) is 0. The summed E-state index contributed by atoms with van der Waals surface area (Å²) in [6.07, 6.45) is 7.61. The fourth-order valence-corrected chi connectivity index (χ4v) is 5.67. The highest BCUT2D eigenvalue weighted by molar-refractivity contribution is 7.15. The Hall–Kier alpha value is -3.66. The maximum atomic E-state index is 13.0. The molecule has 9 heteroatoms. The van der Waals surface area contributed by atoms with Gasteiger partial charge in [0.2, 0.25) is 4.96 Å². The zero-order valence-corrected chi connectivity index (χ0v) is 19.5. The molecule has 1 aromatic carbocycles. The Labute approximate surface area is 200 Å². The molecule has 6 nitrogen and oxygen atoms in total. The molecule has 0 amide bonds. The first-order chi connectivity index (χ1) is 16.2. The van der Waals surface area contributed by atoms with Crippen molar-refractivity contribution < 1.29 is 0 Å². The van der Waals surface area contributed by atoms with Gasteiger partial charge in [-0.3, -0.25) is 4.79 Å². The van der Waals surface area contributed by atoms with Gasteiger partial charge in [0.15, 0.2) is 5.82 Å². The van der Waals surface area contributed by atoms with Crippen molar-refractivity contribution in [1.29, 1.82) is 0 Å². The number of para-hydroxylation sites is 1. The number of benzene rings is 1. The quantitative estimate of drug-likeness (QED) is 0.350. The van der Waals surface area contributed by atoms with Crippen LogP contribution in [0.4, 0.5) is 0 Å². The number of thiophene rings is 2. The van der Waals surface area contributed by atoms with Crippen molar-refractivity contribution in [3.8, 4) is 16.3 Å². The average molecular weight is 486 g/mol. The summed E-state index contributed by atoms with van der Waals surface area (Å²) in [5.41, 5.74) is 2.50. The first-order valence-electron chi connectivity index (χ1n) is 10.1. The Morgan fingerprint density at radius 2 is 1.73 bits per heavy atom. The Balaban J connectivity index is 1.43. The highest BCUT2D eigenvalue weighted by Gasteiger charge is 2.14. The van der Waals surface area contributed by atoms with Crippen LogP contribution in [0.25, 0.3) is 39.4 Å². The molecule has 33 heavy (non-hydrogen) atoms. The number of hydrogen-bond donors (Lipinski definition) is 0. The lowest BCUT2D eigenvalue weighted by Gasteiger charge is -1.99. The number of fused-ring (bicyclic) bond motifs is 1. The van der Waals surface area contributed by atoms with Crippen LogP contribution in [0.15, 0.2) is 76.3 Å². The monoisotopic (exact) mass is 485 g/mol. The molecule has 0 fully saturated rings. The van der Waals surface area contributed by atoms with E-state index in [9.17, 15) is 4.79 Å². The molecular formula is C24H15N5OS3. The van der Waals surface area contributed by atoms with Gasteiger partial charge in [-0.05, 0) is 53.3 Å². The normalized spacial score (nSPS) is 12.4. The molecule has 0 saturated heterocycles. The largest absolute Gasteiger partial charge is 0.291 e. The Morgan fingerprint density at radius 3 is 2.48 bits per heavy atom. The molecule has 0 aliphatic carbocycles. The zero-order valence-electron chi connectivity index (χ0n) is 17.0. The summed E-state index contributed by atoms with van der Waals surface area (Å²) in [5.74, 6) is 0.523. The Morgan fingerprint density at radius 1 is 0.879 bits per heavy atom. The molecule has 0 atom stereocenters. The predicted octanol–water partition coefficient (Wildman–Crippen LogP) is 4.84. The maximum absolute atomic E-state index is 13.0. The lowest BCUT2D eigenvalue weighted by atomic mass is 10.2. The van der Waals surface area contributed by atoms with Gasteiger partial charge in [0, 0.05) is 16.6 Å². The van der Waals surface area contributed by atoms with E-state index in [1.807, 2.05) is 94.5 Å². The number of hydrogen-bond acceptors (Lipinski definition) is 7. The van der Waals surface area contributed by atoms with E-state index in [0.29, 0.717) is 15.3 Å². The maximum Gasteiger partial charge on any atom is 0.291 e. The zero-order chi connectivity index (χ0) is 22.2. The van der Waals surface area contributed by atoms with E-state index >= 15 is 0 Å². The molecule has 0 spiro atoms. The van der Waals surface area contributed by atoms with Crippen LogP contribution >= 0.6 is 34.0 Å². The molecule has 6 rings (SSSR count). The number of nitrogens with zero attached hydrogens (tertiary/aromatic N) is 5. The van der Waals surface area contributed by atoms with Crippen LogP contribution in [0.5, 0.6) is 0 Å². The summed E-state index contributed by atoms with van der Waals surface area (Å²) in [4.78, 5) is 20.3. The van der Waals surface area contributed by atoms with Gasteiger partial charge in [-0.2, -0.15) is 14.6 Å². The SMILES string of the molecule is O=c1/c(=C/c2cn(-c3ccccc3)nc2-c2cccs2)sc2nc(/C=C/c3cccs3)nn12. The van der Waals surface area contributed by atoms with Crippen LogP contribution in [0.2, 0.25) is 0 Å². The molecule has 0 radical (unpaired) electrons. The van der Waals surface area contributed by atoms with Crippen molar-refractivity contribution in [2.45, 2.75) is 0 Å². The van der Waals surface area contributed by atoms with Crippen LogP contribution in [-0.4, -0.2) is 24.4 Å². The van der Waals surface area contributed by atoms with E-state index in [1.54, 1.807) is 22.7 Å². The molecular weight excluding hydrogens is 470 g/mol. The highest BCUT2D eigenvalue weighted by atomic mass is 32.1. The summed E-state index contributed by atoms with van der Waals surface area (Å²) in [5, 5.41) is 13.2. The lowest BCUT2D eigenvalue weighted by Crippen LogP contribution is -2.23. The van der Waals surface area contributed by atoms with Gasteiger partial charge < -0.3 is 0 Å². The average Bonchev–Trinajstić information content (AvgIpc) is 3.65. The predicted molar refractivity (Wildman–Crippen MR) is 136 cm³/mol. The summed E-state index contributed by atoms with van der Waals surface area (Å²) >= 11 is 4.59. The van der Waals surface area contributed by atoms with Crippen molar-refractivity contribution in [1.82, 2.24) is 24.4 Å². The smallest absolute Gasteiger partial charge is 0.266 e. The third-order valence-electron chi connectivity index (χ3n) is 4.94. The third kappa shape index (κ3) is 3.86. The van der Waals surface area contributed by atoms with Crippen molar-refractivity contribution >= 4 is 57.2 Å². The van der Waals surface area contributed by atoms with Gasteiger partial charge in [-0.15, -0.1) is 27.8 Å². The molecule has 0 N–H and O–H groups in total. The lowest BCUT2D eigenvalue weighted by molar-refractivity contribution is 0.885. The second kappa shape index (κ2) is 8.36. The van der Waals surface area contributed by atoms with E-state index < -0.39 is 0 Å². The second-order valence-electron chi connectivity index (χ2n) is 7.12. The fourth-order valence-electron chi connectivity index (χ4n) is 3.41. The van der Waals surface area contributed by atoms with Crippen LogP contribution in [0.3, 0.4) is 0 Å². The molecule has 0 bridgehead atoms. The molecule has 0 saturated carbocycles. The molecule has 160 valence electrons. The van der Waals surface area contributed by atoms with E-state index in [0.717, 1.165) is 26.7 Å². The highest BCUT2D eigenvalue weighted by Crippen LogP contribution is 2.28. The summed E-state index contributed by atoms with van der Waals surface area (Å²) in [6, 6.07) is 18.0. The summed E-state index contributed by atoms with van der Waals surface area (Å²) in [7, 11) is 0. The van der Waals surface area contributed by atoms with Gasteiger partial charge in [-0.1, -0.05) is 41.7 Å². The molecule has 0 unspecified atom stereocenters. The van der Waals surface area contributed by atoms with Crippen LogP contribution < -0.4 is 10.1 Å². The second-order valence-corrected chi connectivity index (χ2v) is 10.1. The minimum Gasteiger partial charge on any atom is -0.266 e. The van der Waals surface area contributed by atoms with Crippen molar-refractivity contribution in [2.75, 3.05) is 0 Å². The van der Waals surface area contributed by atoms with Crippen LogP contribution in [-0.2, 0) is 0 Å². The number of rotatable bonds is 5. The molecule has 0 aliphatic heterocycles. The molecule has 0 aliphatic rings. The standard InChI is InChI=1S/C24H15N5OS3/c30-23-20(33-24-25-21(26-29(23)24)11-10-18-8-4-12-31-18)14-16-15-28(17-6-2-1-3-7-17)27-22(16)19-9-5-13-32-19/h1-15H/b11-10+,20-14-. The number of thiazole rings is 1. The number of aromatic nitrogens is 5. The van der Waals surface area contributed by atoms with E-state index in [4.69, 9.17) is 5.10 Å². The first-order valence-corrected chi connectivity index (χ1v) is 12.6. The van der Waals surface area contributed by atoms with Crippen LogP contribution in [0, 0.1) is 0 Å². The first kappa shape index (κ1) is 20.0. The Bertz CT molecular complexity index is 1670. The van der Waals surface area contributed by atoms with E-state index in [2.05, 4.69) is 10.1 Å². The third-order valence-corrected chi connectivity index (χ3v) is 7.62. The van der Waals surface area contributed by atoms with Gasteiger partial charge in [0.1, 0.15) is 5.69 Å². The topological polar surface area (TPSA) is 65.1 Å². The van der Waals surface area contributed by atoms with Crippen molar-refractivity contribution in [2.24, 2.45) is 0 Å².